The van der Waals surface area contributed by atoms with Gasteiger partial charge < -0.3 is 29.7 Å². The molecule has 9 heteroatoms. The zero-order valence-electron chi connectivity index (χ0n) is 17.3. The SMILES string of the molecule is COc1ccc(-c2ccc3c(c2)C(=O)N2CCN(C(=O)CO)C[C@@H]2C(=O)N3)c(OC)c1. The predicted octanol–water partition coefficient (Wildman–Crippen LogP) is 0.968. The molecule has 0 aromatic heterocycles. The van der Waals surface area contributed by atoms with E-state index >= 15 is 0 Å². The number of piperazine rings is 1. The third-order valence-corrected chi connectivity index (χ3v) is 5.66. The number of ether oxygens (including phenoxy) is 2. The number of benzene rings is 2. The van der Waals surface area contributed by atoms with Crippen molar-refractivity contribution in [3.8, 4) is 22.6 Å². The van der Waals surface area contributed by atoms with Crippen LogP contribution in [0.2, 0.25) is 0 Å². The van der Waals surface area contributed by atoms with Crippen LogP contribution in [0.1, 0.15) is 10.4 Å². The lowest BCUT2D eigenvalue weighted by atomic mass is 10.00. The number of rotatable bonds is 4. The normalized spacial score (nSPS) is 18.0. The van der Waals surface area contributed by atoms with E-state index in [-0.39, 0.29) is 31.4 Å². The Morgan fingerprint density at radius 1 is 1.10 bits per heavy atom. The average molecular weight is 425 g/mol. The lowest BCUT2D eigenvalue weighted by molar-refractivity contribution is -0.138. The minimum Gasteiger partial charge on any atom is -0.497 e. The Morgan fingerprint density at radius 2 is 1.90 bits per heavy atom. The maximum absolute atomic E-state index is 13.3. The molecule has 31 heavy (non-hydrogen) atoms. The lowest BCUT2D eigenvalue weighted by Gasteiger charge is -2.39. The molecule has 0 saturated carbocycles. The highest BCUT2D eigenvalue weighted by molar-refractivity contribution is 6.11. The van der Waals surface area contributed by atoms with Gasteiger partial charge >= 0.3 is 0 Å². The zero-order chi connectivity index (χ0) is 22.1. The van der Waals surface area contributed by atoms with Crippen molar-refractivity contribution in [3.05, 3.63) is 42.0 Å². The molecule has 162 valence electrons. The minimum atomic E-state index is -0.817. The van der Waals surface area contributed by atoms with Crippen LogP contribution in [0.25, 0.3) is 11.1 Å². The molecular weight excluding hydrogens is 402 g/mol. The number of fused-ring (bicyclic) bond motifs is 2. The smallest absolute Gasteiger partial charge is 0.256 e. The van der Waals surface area contributed by atoms with Gasteiger partial charge in [0.2, 0.25) is 11.8 Å². The summed E-state index contributed by atoms with van der Waals surface area (Å²) in [6.45, 7) is -0.117. The number of nitrogens with one attached hydrogen (secondary N) is 1. The largest absolute Gasteiger partial charge is 0.497 e. The summed E-state index contributed by atoms with van der Waals surface area (Å²) in [6.07, 6.45) is 0. The first-order valence-corrected chi connectivity index (χ1v) is 9.83. The first kappa shape index (κ1) is 20.7. The summed E-state index contributed by atoms with van der Waals surface area (Å²) in [5.41, 5.74) is 2.33. The Labute approximate surface area is 179 Å². The maximum Gasteiger partial charge on any atom is 0.256 e. The number of anilines is 1. The molecule has 2 aliphatic heterocycles. The van der Waals surface area contributed by atoms with Crippen LogP contribution in [0.15, 0.2) is 36.4 Å². The van der Waals surface area contributed by atoms with E-state index in [2.05, 4.69) is 5.32 Å². The highest BCUT2D eigenvalue weighted by Crippen LogP contribution is 2.36. The van der Waals surface area contributed by atoms with Gasteiger partial charge in [0.15, 0.2) is 0 Å². The van der Waals surface area contributed by atoms with Crippen LogP contribution in [-0.4, -0.2) is 79.1 Å². The number of amides is 3. The Balaban J connectivity index is 1.70. The van der Waals surface area contributed by atoms with Crippen molar-refractivity contribution in [2.24, 2.45) is 0 Å². The Bertz CT molecular complexity index is 1050. The fourth-order valence-electron chi connectivity index (χ4n) is 3.98. The van der Waals surface area contributed by atoms with Gasteiger partial charge in [0.25, 0.3) is 5.91 Å². The Kier molecular flexibility index (Phi) is 5.51. The summed E-state index contributed by atoms with van der Waals surface area (Å²) >= 11 is 0. The van der Waals surface area contributed by atoms with E-state index in [9.17, 15) is 14.4 Å². The molecule has 9 nitrogen and oxygen atoms in total. The molecule has 0 bridgehead atoms. The van der Waals surface area contributed by atoms with Crippen molar-refractivity contribution in [1.29, 1.82) is 0 Å². The van der Waals surface area contributed by atoms with Crippen LogP contribution >= 0.6 is 0 Å². The molecule has 1 fully saturated rings. The second-order valence-electron chi connectivity index (χ2n) is 7.33. The number of aliphatic hydroxyl groups excluding tert-OH is 1. The van der Waals surface area contributed by atoms with Crippen LogP contribution in [0.4, 0.5) is 5.69 Å². The van der Waals surface area contributed by atoms with Gasteiger partial charge in [-0.1, -0.05) is 6.07 Å². The summed E-state index contributed by atoms with van der Waals surface area (Å²) in [6, 6.07) is 9.83. The molecule has 0 radical (unpaired) electrons. The van der Waals surface area contributed by atoms with E-state index in [1.54, 1.807) is 38.5 Å². The van der Waals surface area contributed by atoms with Gasteiger partial charge in [0.05, 0.1) is 32.0 Å². The molecule has 2 heterocycles. The van der Waals surface area contributed by atoms with Crippen LogP contribution in [0.3, 0.4) is 0 Å². The Hall–Kier alpha value is -3.59. The van der Waals surface area contributed by atoms with Crippen molar-refractivity contribution in [3.63, 3.8) is 0 Å². The zero-order valence-corrected chi connectivity index (χ0v) is 17.3. The second-order valence-corrected chi connectivity index (χ2v) is 7.33. The fraction of sp³-hybridized carbons (Fsp3) is 0.318. The molecule has 1 atom stereocenters. The van der Waals surface area contributed by atoms with Crippen molar-refractivity contribution in [2.75, 3.05) is 45.8 Å². The summed E-state index contributed by atoms with van der Waals surface area (Å²) in [4.78, 5) is 40.9. The first-order valence-electron chi connectivity index (χ1n) is 9.83. The number of carbonyl (C=O) groups excluding carboxylic acids is 3. The third kappa shape index (κ3) is 3.68. The van der Waals surface area contributed by atoms with Gasteiger partial charge in [0.1, 0.15) is 24.1 Å². The molecule has 1 saturated heterocycles. The van der Waals surface area contributed by atoms with Crippen molar-refractivity contribution in [1.82, 2.24) is 9.80 Å². The fourth-order valence-corrected chi connectivity index (χ4v) is 3.98. The number of hydrogen-bond donors (Lipinski definition) is 2. The summed E-state index contributed by atoms with van der Waals surface area (Å²) in [7, 11) is 3.13. The van der Waals surface area contributed by atoms with E-state index in [0.717, 1.165) is 11.1 Å². The number of hydrogen-bond acceptors (Lipinski definition) is 6. The van der Waals surface area contributed by atoms with Crippen molar-refractivity contribution < 1.29 is 29.0 Å². The second kappa shape index (κ2) is 8.27. The molecule has 2 aliphatic rings. The van der Waals surface area contributed by atoms with Crippen LogP contribution in [-0.2, 0) is 9.59 Å². The molecule has 4 rings (SSSR count). The van der Waals surface area contributed by atoms with E-state index in [1.165, 1.54) is 9.80 Å². The highest BCUT2D eigenvalue weighted by atomic mass is 16.5. The Morgan fingerprint density at radius 3 is 2.61 bits per heavy atom. The molecule has 0 aliphatic carbocycles. The number of carbonyl (C=O) groups is 3. The van der Waals surface area contributed by atoms with E-state index in [0.29, 0.717) is 22.7 Å². The molecule has 3 amide bonds. The van der Waals surface area contributed by atoms with Crippen molar-refractivity contribution >= 4 is 23.4 Å². The predicted molar refractivity (Wildman–Crippen MR) is 112 cm³/mol. The van der Waals surface area contributed by atoms with Gasteiger partial charge in [0, 0.05) is 24.7 Å². The lowest BCUT2D eigenvalue weighted by Crippen LogP contribution is -2.59. The van der Waals surface area contributed by atoms with Gasteiger partial charge in [-0.2, -0.15) is 0 Å². The number of methoxy groups -OCH3 is 2. The number of aliphatic hydroxyl groups is 1. The highest BCUT2D eigenvalue weighted by Gasteiger charge is 2.40. The third-order valence-electron chi connectivity index (χ3n) is 5.66. The topological polar surface area (TPSA) is 108 Å². The van der Waals surface area contributed by atoms with Gasteiger partial charge in [-0.3, -0.25) is 14.4 Å². The molecule has 2 aromatic carbocycles. The molecular formula is C22H23N3O6. The van der Waals surface area contributed by atoms with Gasteiger partial charge in [-0.15, -0.1) is 0 Å². The molecule has 2 aromatic rings. The van der Waals surface area contributed by atoms with Crippen molar-refractivity contribution in [2.45, 2.75) is 6.04 Å². The van der Waals surface area contributed by atoms with Gasteiger partial charge in [-0.05, 0) is 29.8 Å². The monoisotopic (exact) mass is 425 g/mol. The summed E-state index contributed by atoms with van der Waals surface area (Å²) < 4.78 is 10.7. The summed E-state index contributed by atoms with van der Waals surface area (Å²) in [5, 5.41) is 11.9. The van der Waals surface area contributed by atoms with E-state index < -0.39 is 18.6 Å². The molecule has 0 spiro atoms. The first-order chi connectivity index (χ1) is 15.0. The van der Waals surface area contributed by atoms with Gasteiger partial charge in [-0.25, -0.2) is 0 Å². The van der Waals surface area contributed by atoms with E-state index in [1.807, 2.05) is 12.1 Å². The van der Waals surface area contributed by atoms with Crippen LogP contribution in [0.5, 0.6) is 11.5 Å². The quantitative estimate of drug-likeness (QED) is 0.756. The molecule has 0 unspecified atom stereocenters. The standard InChI is InChI=1S/C22H23N3O6/c1-30-14-4-5-15(19(10-14)31-2)13-3-6-17-16(9-13)22(29)25-8-7-24(20(27)12-26)11-18(25)21(28)23-17/h3-6,9-10,18,26H,7-8,11-12H2,1-2H3,(H,23,28)/t18-/m1/s1. The minimum absolute atomic E-state index is 0.0457. The maximum atomic E-state index is 13.3. The summed E-state index contributed by atoms with van der Waals surface area (Å²) in [5.74, 6) is 0.131. The molecule has 2 N–H and O–H groups in total. The number of nitrogens with zero attached hydrogens (tertiary/aromatic N) is 2. The van der Waals surface area contributed by atoms with Crippen LogP contribution < -0.4 is 14.8 Å². The average Bonchev–Trinajstić information content (AvgIpc) is 2.91. The van der Waals surface area contributed by atoms with Crippen LogP contribution in [0, 0.1) is 0 Å². The van der Waals surface area contributed by atoms with E-state index in [4.69, 9.17) is 14.6 Å².